The Kier molecular flexibility index (Phi) is 8.90. The molecule has 0 aromatic heterocycles. The molecule has 2 nitrogen and oxygen atoms in total. The first-order valence-electron chi connectivity index (χ1n) is 7.25. The van der Waals surface area contributed by atoms with Crippen molar-refractivity contribution in [2.24, 2.45) is 10.9 Å². The second-order valence-corrected chi connectivity index (χ2v) is 4.80. The van der Waals surface area contributed by atoms with Crippen molar-refractivity contribution in [2.75, 3.05) is 0 Å². The van der Waals surface area contributed by atoms with Crippen molar-refractivity contribution >= 4 is 12.0 Å². The lowest BCUT2D eigenvalue weighted by Crippen LogP contribution is -2.14. The second kappa shape index (κ2) is 9.53. The second-order valence-electron chi connectivity index (χ2n) is 4.80. The fourth-order valence-corrected chi connectivity index (χ4v) is 1.99. The SMILES string of the molecule is C\C=C(/N=C/C(=C\C)C(F)(F)F)C(CCC)CC(=O)CC. The van der Waals surface area contributed by atoms with E-state index >= 15 is 0 Å². The van der Waals surface area contributed by atoms with Crippen LogP contribution < -0.4 is 0 Å². The smallest absolute Gasteiger partial charge is 0.300 e. The van der Waals surface area contributed by atoms with Crippen LogP contribution in [0.25, 0.3) is 0 Å². The fraction of sp³-hybridized carbons (Fsp3) is 0.625. The highest BCUT2D eigenvalue weighted by Gasteiger charge is 2.31. The number of alkyl halides is 3. The highest BCUT2D eigenvalue weighted by atomic mass is 19.4. The number of ketones is 1. The van der Waals surface area contributed by atoms with Crippen LogP contribution in [0, 0.1) is 5.92 Å². The summed E-state index contributed by atoms with van der Waals surface area (Å²) in [5.74, 6) is -0.0138. The van der Waals surface area contributed by atoms with Crippen LogP contribution in [0.1, 0.15) is 53.4 Å². The molecule has 0 aromatic rings. The van der Waals surface area contributed by atoms with Crippen molar-refractivity contribution in [1.29, 1.82) is 0 Å². The van der Waals surface area contributed by atoms with E-state index in [1.165, 1.54) is 6.92 Å². The van der Waals surface area contributed by atoms with Gasteiger partial charge in [-0.25, -0.2) is 0 Å². The molecule has 0 aliphatic heterocycles. The average Bonchev–Trinajstić information content (AvgIpc) is 2.41. The van der Waals surface area contributed by atoms with Crippen LogP contribution in [-0.4, -0.2) is 18.2 Å². The van der Waals surface area contributed by atoms with Gasteiger partial charge in [0, 0.05) is 30.7 Å². The highest BCUT2D eigenvalue weighted by Crippen LogP contribution is 2.26. The van der Waals surface area contributed by atoms with Crippen LogP contribution in [0.2, 0.25) is 0 Å². The number of carbonyl (C=O) groups is 1. The van der Waals surface area contributed by atoms with Crippen LogP contribution in [0.5, 0.6) is 0 Å². The van der Waals surface area contributed by atoms with Gasteiger partial charge in [0.2, 0.25) is 0 Å². The summed E-state index contributed by atoms with van der Waals surface area (Å²) in [6, 6.07) is 0. The lowest BCUT2D eigenvalue weighted by Gasteiger charge is -2.16. The predicted molar refractivity (Wildman–Crippen MR) is 80.4 cm³/mol. The Bertz CT molecular complexity index is 420. The molecule has 5 heteroatoms. The molecule has 0 spiro atoms. The number of hydrogen-bond donors (Lipinski definition) is 0. The summed E-state index contributed by atoms with van der Waals surface area (Å²) in [6.07, 6.45) is 1.46. The van der Waals surface area contributed by atoms with Crippen molar-refractivity contribution in [3.8, 4) is 0 Å². The van der Waals surface area contributed by atoms with Crippen LogP contribution in [-0.2, 0) is 4.79 Å². The lowest BCUT2D eigenvalue weighted by atomic mass is 9.93. The summed E-state index contributed by atoms with van der Waals surface area (Å²) in [5, 5.41) is 0. The normalized spacial score (nSPS) is 15.6. The molecule has 0 fully saturated rings. The Hall–Kier alpha value is -1.39. The van der Waals surface area contributed by atoms with Gasteiger partial charge >= 0.3 is 6.18 Å². The van der Waals surface area contributed by atoms with E-state index in [1.807, 2.05) is 6.92 Å². The van der Waals surface area contributed by atoms with Crippen molar-refractivity contribution in [3.63, 3.8) is 0 Å². The van der Waals surface area contributed by atoms with Gasteiger partial charge in [-0.1, -0.05) is 32.4 Å². The molecule has 0 radical (unpaired) electrons. The van der Waals surface area contributed by atoms with Gasteiger partial charge in [0.15, 0.2) is 0 Å². The van der Waals surface area contributed by atoms with E-state index in [2.05, 4.69) is 4.99 Å². The standard InChI is InChI=1S/C16H24F3NO/c1-5-9-12(10-14(21)7-3)15(8-4)20-11-13(6-2)16(17,18)19/h6,8,11-12H,5,7,9-10H2,1-4H3/b13-6+,15-8-,20-11+. The van der Waals surface area contributed by atoms with Gasteiger partial charge in [-0.3, -0.25) is 9.79 Å². The molecule has 0 heterocycles. The molecule has 1 unspecified atom stereocenters. The van der Waals surface area contributed by atoms with E-state index in [4.69, 9.17) is 0 Å². The summed E-state index contributed by atoms with van der Waals surface area (Å²) in [5.41, 5.74) is -0.235. The minimum atomic E-state index is -4.41. The molecule has 0 N–H and O–H groups in total. The maximum absolute atomic E-state index is 12.7. The van der Waals surface area contributed by atoms with E-state index in [0.29, 0.717) is 18.5 Å². The van der Waals surface area contributed by atoms with Crippen molar-refractivity contribution in [1.82, 2.24) is 0 Å². The van der Waals surface area contributed by atoms with Crippen LogP contribution in [0.4, 0.5) is 13.2 Å². The van der Waals surface area contributed by atoms with Crippen LogP contribution >= 0.6 is 0 Å². The van der Waals surface area contributed by atoms with Gasteiger partial charge in [-0.2, -0.15) is 13.2 Å². The zero-order chi connectivity index (χ0) is 16.5. The predicted octanol–water partition coefficient (Wildman–Crippen LogP) is 5.26. The number of hydrogen-bond acceptors (Lipinski definition) is 2. The van der Waals surface area contributed by atoms with Gasteiger partial charge in [0.1, 0.15) is 5.78 Å². The highest BCUT2D eigenvalue weighted by molar-refractivity contribution is 5.81. The van der Waals surface area contributed by atoms with Gasteiger partial charge in [-0.15, -0.1) is 0 Å². The monoisotopic (exact) mass is 303 g/mol. The summed E-state index contributed by atoms with van der Waals surface area (Å²) in [7, 11) is 0. The zero-order valence-electron chi connectivity index (χ0n) is 13.1. The van der Waals surface area contributed by atoms with E-state index in [9.17, 15) is 18.0 Å². The minimum absolute atomic E-state index is 0.102. The third-order valence-corrected chi connectivity index (χ3v) is 3.21. The topological polar surface area (TPSA) is 29.4 Å². The maximum atomic E-state index is 12.7. The average molecular weight is 303 g/mol. The molecule has 0 saturated heterocycles. The largest absolute Gasteiger partial charge is 0.417 e. The Balaban J connectivity index is 5.15. The number of Topliss-reactive ketones (excluding diaryl/α,β-unsaturated/α-hetero) is 1. The number of halogens is 3. The fourth-order valence-electron chi connectivity index (χ4n) is 1.99. The first-order chi connectivity index (χ1) is 9.79. The molecule has 0 rings (SSSR count). The first-order valence-corrected chi connectivity index (χ1v) is 7.25. The van der Waals surface area contributed by atoms with E-state index < -0.39 is 11.7 Å². The Morgan fingerprint density at radius 1 is 1.19 bits per heavy atom. The molecule has 0 bridgehead atoms. The molecule has 0 aliphatic carbocycles. The van der Waals surface area contributed by atoms with Gasteiger partial charge in [0.05, 0.1) is 5.57 Å². The summed E-state index contributed by atoms with van der Waals surface area (Å²) < 4.78 is 38.0. The lowest BCUT2D eigenvalue weighted by molar-refractivity contribution is -0.119. The molecular weight excluding hydrogens is 279 g/mol. The van der Waals surface area contributed by atoms with Crippen LogP contribution in [0.15, 0.2) is 28.4 Å². The van der Waals surface area contributed by atoms with Crippen molar-refractivity contribution in [2.45, 2.75) is 59.6 Å². The molecule has 1 atom stereocenters. The van der Waals surface area contributed by atoms with Crippen molar-refractivity contribution in [3.05, 3.63) is 23.4 Å². The third kappa shape index (κ3) is 7.25. The summed E-state index contributed by atoms with van der Waals surface area (Å²) in [4.78, 5) is 15.6. The Morgan fingerprint density at radius 2 is 1.81 bits per heavy atom. The molecular formula is C16H24F3NO. The Labute approximate surface area is 124 Å². The van der Waals surface area contributed by atoms with E-state index in [1.54, 1.807) is 19.9 Å². The van der Waals surface area contributed by atoms with Crippen molar-refractivity contribution < 1.29 is 18.0 Å². The molecule has 0 aliphatic rings. The summed E-state index contributed by atoms with van der Waals surface area (Å²) in [6.45, 7) is 6.82. The maximum Gasteiger partial charge on any atom is 0.417 e. The van der Waals surface area contributed by atoms with Gasteiger partial charge in [0.25, 0.3) is 0 Å². The van der Waals surface area contributed by atoms with Gasteiger partial charge in [-0.05, 0) is 20.3 Å². The number of allylic oxidation sites excluding steroid dienone is 4. The molecule has 21 heavy (non-hydrogen) atoms. The quantitative estimate of drug-likeness (QED) is 0.563. The molecule has 0 saturated carbocycles. The van der Waals surface area contributed by atoms with E-state index in [0.717, 1.165) is 25.1 Å². The molecule has 120 valence electrons. The Morgan fingerprint density at radius 3 is 2.19 bits per heavy atom. The first kappa shape index (κ1) is 19.6. The number of aliphatic imine (C=N–C) groups is 1. The summed E-state index contributed by atoms with van der Waals surface area (Å²) >= 11 is 0. The van der Waals surface area contributed by atoms with Crippen LogP contribution in [0.3, 0.4) is 0 Å². The molecule has 0 aromatic carbocycles. The van der Waals surface area contributed by atoms with E-state index in [-0.39, 0.29) is 11.7 Å². The van der Waals surface area contributed by atoms with Gasteiger partial charge < -0.3 is 0 Å². The minimum Gasteiger partial charge on any atom is -0.300 e. The zero-order valence-corrected chi connectivity index (χ0v) is 13.1. The number of rotatable bonds is 8. The molecule has 0 amide bonds. The third-order valence-electron chi connectivity index (χ3n) is 3.21. The number of carbonyl (C=O) groups excluding carboxylic acids is 1. The number of nitrogens with zero attached hydrogens (tertiary/aromatic N) is 1.